The van der Waals surface area contributed by atoms with Gasteiger partial charge in [0.1, 0.15) is 22.8 Å². The summed E-state index contributed by atoms with van der Waals surface area (Å²) in [6.45, 7) is 1.61. The van der Waals surface area contributed by atoms with Crippen molar-refractivity contribution in [1.29, 1.82) is 0 Å². The minimum absolute atomic E-state index is 0.0553. The topological polar surface area (TPSA) is 208 Å². The van der Waals surface area contributed by atoms with E-state index in [2.05, 4.69) is 0 Å². The molecule has 0 spiro atoms. The number of amides is 1. The molecule has 0 heterocycles. The van der Waals surface area contributed by atoms with E-state index in [9.17, 15) is 39.9 Å². The van der Waals surface area contributed by atoms with Gasteiger partial charge in [-0.25, -0.2) is 0 Å². The molecular formula is C23H27N3O8. The fraction of sp³-hybridized carbons (Fsp3) is 0.435. The molecule has 9 N–H and O–H groups in total. The van der Waals surface area contributed by atoms with Gasteiger partial charge in [-0.15, -0.1) is 0 Å². The van der Waals surface area contributed by atoms with Crippen LogP contribution in [0, 0.1) is 11.8 Å². The third kappa shape index (κ3) is 2.75. The van der Waals surface area contributed by atoms with Gasteiger partial charge < -0.3 is 37.0 Å². The molecule has 11 heteroatoms. The van der Waals surface area contributed by atoms with Gasteiger partial charge in [0.2, 0.25) is 5.78 Å². The van der Waals surface area contributed by atoms with Crippen LogP contribution < -0.4 is 11.5 Å². The highest BCUT2D eigenvalue weighted by Crippen LogP contribution is 2.56. The van der Waals surface area contributed by atoms with Crippen LogP contribution in [0.5, 0.6) is 5.75 Å². The number of phenolic OH excluding ortho intramolecular Hbond substituents is 1. The van der Waals surface area contributed by atoms with Crippen molar-refractivity contribution < 1.29 is 39.9 Å². The number of fused-ring (bicyclic) bond motifs is 3. The van der Waals surface area contributed by atoms with E-state index in [4.69, 9.17) is 11.5 Å². The number of Topliss-reactive ketones (excluding diaryl/α,β-unsaturated/α-hetero) is 2. The number of ketones is 2. The van der Waals surface area contributed by atoms with Crippen molar-refractivity contribution in [2.75, 3.05) is 14.1 Å². The smallest absolute Gasteiger partial charge is 0.255 e. The fourth-order valence-corrected chi connectivity index (χ4v) is 5.82. The molecule has 182 valence electrons. The lowest BCUT2D eigenvalue weighted by Crippen LogP contribution is -2.70. The number of hydrogen-bond donors (Lipinski definition) is 7. The Morgan fingerprint density at radius 3 is 2.32 bits per heavy atom. The molecule has 34 heavy (non-hydrogen) atoms. The second kappa shape index (κ2) is 7.64. The number of carbonyl (C=O) groups excluding carboxylic acids is 3. The molecule has 1 saturated carbocycles. The second-order valence-corrected chi connectivity index (χ2v) is 9.29. The van der Waals surface area contributed by atoms with Crippen molar-refractivity contribution in [2.45, 2.75) is 37.1 Å². The number of benzene rings is 1. The first-order chi connectivity index (χ1) is 15.8. The highest BCUT2D eigenvalue weighted by atomic mass is 16.4. The van der Waals surface area contributed by atoms with Crippen molar-refractivity contribution in [3.05, 3.63) is 45.7 Å². The van der Waals surface area contributed by atoms with Crippen molar-refractivity contribution in [1.82, 2.24) is 4.90 Å². The average Bonchev–Trinajstić information content (AvgIpc) is 2.75. The molecule has 0 saturated heterocycles. The van der Waals surface area contributed by atoms with Crippen LogP contribution in [0.1, 0.15) is 29.5 Å². The predicted octanol–water partition coefficient (Wildman–Crippen LogP) is -1.05. The summed E-state index contributed by atoms with van der Waals surface area (Å²) in [5.41, 5.74) is 7.28. The second-order valence-electron chi connectivity index (χ2n) is 9.29. The molecule has 1 aromatic carbocycles. The number of aliphatic hydroxyl groups excluding tert-OH is 3. The number of aliphatic hydroxyl groups is 4. The zero-order chi connectivity index (χ0) is 25.4. The molecule has 1 amide bonds. The van der Waals surface area contributed by atoms with Gasteiger partial charge in [-0.1, -0.05) is 19.1 Å². The maximum atomic E-state index is 13.8. The highest BCUT2D eigenvalue weighted by Gasteiger charge is 2.68. The maximum absolute atomic E-state index is 13.8. The summed E-state index contributed by atoms with van der Waals surface area (Å²) in [6, 6.07) is 1.80. The Labute approximate surface area is 194 Å². The Morgan fingerprint density at radius 2 is 1.79 bits per heavy atom. The molecule has 0 radical (unpaired) electrons. The van der Waals surface area contributed by atoms with Gasteiger partial charge in [0.05, 0.1) is 23.6 Å². The molecular weight excluding hydrogens is 446 g/mol. The lowest BCUT2D eigenvalue weighted by molar-refractivity contribution is -0.169. The maximum Gasteiger partial charge on any atom is 0.255 e. The largest absolute Gasteiger partial charge is 0.508 e. The molecule has 4 rings (SSSR count). The van der Waals surface area contributed by atoms with Crippen molar-refractivity contribution in [3.8, 4) is 5.75 Å². The number of likely N-dealkylation sites (N-methyl/N-ethyl adjacent to an activating group) is 1. The average molecular weight is 473 g/mol. The summed E-state index contributed by atoms with van der Waals surface area (Å²) >= 11 is 0. The van der Waals surface area contributed by atoms with Crippen LogP contribution >= 0.6 is 0 Å². The van der Waals surface area contributed by atoms with Crippen molar-refractivity contribution in [2.24, 2.45) is 23.3 Å². The van der Waals surface area contributed by atoms with E-state index >= 15 is 0 Å². The third-order valence-electron chi connectivity index (χ3n) is 7.43. The first kappa shape index (κ1) is 23.9. The summed E-state index contributed by atoms with van der Waals surface area (Å²) in [5.74, 6) is -9.12. The van der Waals surface area contributed by atoms with Gasteiger partial charge in [0.15, 0.2) is 11.4 Å². The van der Waals surface area contributed by atoms with Crippen LogP contribution in [0.4, 0.5) is 0 Å². The molecule has 3 aliphatic carbocycles. The Kier molecular flexibility index (Phi) is 5.37. The molecule has 0 bridgehead atoms. The number of primary amides is 1. The van der Waals surface area contributed by atoms with Gasteiger partial charge in [-0.3, -0.25) is 19.3 Å². The molecule has 1 aromatic rings. The van der Waals surface area contributed by atoms with E-state index in [-0.39, 0.29) is 17.9 Å². The Morgan fingerprint density at radius 1 is 1.18 bits per heavy atom. The molecule has 11 nitrogen and oxygen atoms in total. The lowest BCUT2D eigenvalue weighted by atomic mass is 9.54. The summed E-state index contributed by atoms with van der Waals surface area (Å²) in [7, 11) is 2.91. The lowest BCUT2D eigenvalue weighted by Gasteiger charge is -2.53. The zero-order valence-corrected chi connectivity index (χ0v) is 18.8. The minimum Gasteiger partial charge on any atom is -0.508 e. The van der Waals surface area contributed by atoms with Crippen molar-refractivity contribution in [3.63, 3.8) is 0 Å². The Bertz CT molecular complexity index is 1200. The Hall–Kier alpha value is -3.25. The first-order valence-corrected chi connectivity index (χ1v) is 10.7. The molecule has 0 aliphatic heterocycles. The number of hydrogen-bond acceptors (Lipinski definition) is 10. The van der Waals surface area contributed by atoms with E-state index in [1.807, 2.05) is 0 Å². The van der Waals surface area contributed by atoms with Gasteiger partial charge in [-0.05, 0) is 25.6 Å². The quantitative estimate of drug-likeness (QED) is 0.265. The number of phenols is 1. The van der Waals surface area contributed by atoms with Crippen LogP contribution in [0.2, 0.25) is 0 Å². The summed E-state index contributed by atoms with van der Waals surface area (Å²) in [4.78, 5) is 40.2. The van der Waals surface area contributed by atoms with E-state index in [1.165, 1.54) is 19.0 Å². The molecule has 6 unspecified atom stereocenters. The zero-order valence-electron chi connectivity index (χ0n) is 18.8. The highest BCUT2D eigenvalue weighted by molar-refractivity contribution is 6.24. The Balaban J connectivity index is 2.06. The molecule has 1 fully saturated rings. The predicted molar refractivity (Wildman–Crippen MR) is 118 cm³/mol. The number of carbonyl (C=O) groups is 3. The van der Waals surface area contributed by atoms with Crippen LogP contribution in [-0.4, -0.2) is 79.7 Å². The summed E-state index contributed by atoms with van der Waals surface area (Å²) in [6.07, 6.45) is -1.62. The fourth-order valence-electron chi connectivity index (χ4n) is 5.82. The SMILES string of the molecule is CC1c2ccc(CN)c(O)c2C(O)=C2C(=O)C3(O)C(O)=C(C(N)=O)C(=O)C(N(C)C)C3C(O)C21. The monoisotopic (exact) mass is 473 g/mol. The molecule has 3 aliphatic rings. The third-order valence-corrected chi connectivity index (χ3v) is 7.43. The standard InChI is InChI=1S/C23H27N3O8/c1-7-9-5-4-8(6-24)16(27)11(9)17(28)12-10(7)18(29)14-15(26(2)3)19(30)13(22(25)33)21(32)23(14,34)20(12)31/h4-5,7,10,14-15,18,27-29,32,34H,6,24H2,1-3H3,(H2,25,33). The first-order valence-electron chi connectivity index (χ1n) is 10.7. The van der Waals surface area contributed by atoms with Crippen LogP contribution in [0.15, 0.2) is 29.0 Å². The van der Waals surface area contributed by atoms with E-state index < -0.39 is 75.6 Å². The molecule has 6 atom stereocenters. The van der Waals surface area contributed by atoms with Gasteiger partial charge >= 0.3 is 0 Å². The number of nitrogens with two attached hydrogens (primary N) is 2. The summed E-state index contributed by atoms with van der Waals surface area (Å²) in [5, 5.41) is 55.7. The number of nitrogens with zero attached hydrogens (tertiary/aromatic N) is 1. The molecule has 0 aromatic heterocycles. The number of aromatic hydroxyl groups is 1. The van der Waals surface area contributed by atoms with Crippen LogP contribution in [0.25, 0.3) is 5.76 Å². The van der Waals surface area contributed by atoms with Gasteiger partial charge in [-0.2, -0.15) is 0 Å². The van der Waals surface area contributed by atoms with E-state index in [0.717, 1.165) is 0 Å². The summed E-state index contributed by atoms with van der Waals surface area (Å²) < 4.78 is 0. The van der Waals surface area contributed by atoms with Crippen molar-refractivity contribution >= 4 is 23.2 Å². The van der Waals surface area contributed by atoms with E-state index in [0.29, 0.717) is 11.1 Å². The van der Waals surface area contributed by atoms with Gasteiger partial charge in [0.25, 0.3) is 5.91 Å². The normalized spacial score (nSPS) is 33.1. The number of rotatable bonds is 3. The van der Waals surface area contributed by atoms with Crippen LogP contribution in [0.3, 0.4) is 0 Å². The van der Waals surface area contributed by atoms with E-state index in [1.54, 1.807) is 19.1 Å². The minimum atomic E-state index is -2.93. The van der Waals surface area contributed by atoms with Gasteiger partial charge in [0, 0.05) is 23.6 Å². The van der Waals surface area contributed by atoms with Crippen LogP contribution in [-0.2, 0) is 20.9 Å².